The maximum absolute atomic E-state index is 14.1. The molecule has 1 unspecified atom stereocenters. The molecule has 0 N–H and O–H groups in total. The topological polar surface area (TPSA) is 68.2 Å². The molecule has 0 spiro atoms. The molecule has 1 saturated heterocycles. The fourth-order valence-corrected chi connectivity index (χ4v) is 5.62. The van der Waals surface area contributed by atoms with Crippen LogP contribution in [0, 0.1) is 0 Å². The molecule has 0 radical (unpaired) electrons. The predicted molar refractivity (Wildman–Crippen MR) is 127 cm³/mol. The largest absolute Gasteiger partial charge is 0.497 e. The number of carbonyl (C=O) groups excluding carboxylic acids is 1. The second kappa shape index (κ2) is 9.30. The standard InChI is InChI=1S/C27H30N4O2/c1-33-23-8-6-22(7-9-23)27(12-2-3-13-27)26(32)31-16-4-5-21(18-31)25-24(17-29-19-30-25)20-10-14-28-15-11-20/h6-11,14-15,17,19,21H,2-5,12-13,16,18H2,1H3. The minimum Gasteiger partial charge on any atom is -0.497 e. The monoisotopic (exact) mass is 442 g/mol. The summed E-state index contributed by atoms with van der Waals surface area (Å²) in [6.45, 7) is 1.51. The van der Waals surface area contributed by atoms with Crippen molar-refractivity contribution >= 4 is 5.91 Å². The van der Waals surface area contributed by atoms with Crippen LogP contribution in [-0.2, 0) is 10.2 Å². The molecule has 1 aliphatic heterocycles. The molecule has 170 valence electrons. The zero-order chi connectivity index (χ0) is 22.7. The van der Waals surface area contributed by atoms with Crippen molar-refractivity contribution in [3.63, 3.8) is 0 Å². The van der Waals surface area contributed by atoms with E-state index in [1.807, 2.05) is 30.5 Å². The second-order valence-electron chi connectivity index (χ2n) is 9.17. The normalized spacial score (nSPS) is 19.9. The second-order valence-corrected chi connectivity index (χ2v) is 9.17. The summed E-state index contributed by atoms with van der Waals surface area (Å²) >= 11 is 0. The Hall–Kier alpha value is -3.28. The number of nitrogens with zero attached hydrogens (tertiary/aromatic N) is 4. The van der Waals surface area contributed by atoms with Crippen LogP contribution >= 0.6 is 0 Å². The number of pyridine rings is 1. The number of piperidine rings is 1. The summed E-state index contributed by atoms with van der Waals surface area (Å²) in [5.41, 5.74) is 3.82. The summed E-state index contributed by atoms with van der Waals surface area (Å²) in [7, 11) is 1.67. The Balaban J connectivity index is 1.42. The highest BCUT2D eigenvalue weighted by atomic mass is 16.5. The first-order valence-electron chi connectivity index (χ1n) is 11.9. The third-order valence-corrected chi connectivity index (χ3v) is 7.34. The average Bonchev–Trinajstić information content (AvgIpc) is 3.40. The summed E-state index contributed by atoms with van der Waals surface area (Å²) in [5, 5.41) is 0. The van der Waals surface area contributed by atoms with Crippen LogP contribution in [0.1, 0.15) is 55.7 Å². The van der Waals surface area contributed by atoms with Gasteiger partial charge >= 0.3 is 0 Å². The summed E-state index contributed by atoms with van der Waals surface area (Å²) < 4.78 is 5.34. The molecule has 6 nitrogen and oxygen atoms in total. The van der Waals surface area contributed by atoms with Gasteiger partial charge in [-0.1, -0.05) is 25.0 Å². The van der Waals surface area contributed by atoms with E-state index in [0.29, 0.717) is 6.54 Å². The van der Waals surface area contributed by atoms with E-state index in [4.69, 9.17) is 4.74 Å². The van der Waals surface area contributed by atoms with Crippen molar-refractivity contribution in [1.82, 2.24) is 19.9 Å². The van der Waals surface area contributed by atoms with Gasteiger partial charge in [-0.3, -0.25) is 9.78 Å². The van der Waals surface area contributed by atoms with E-state index in [9.17, 15) is 4.79 Å². The molecule has 1 atom stereocenters. The highest BCUT2D eigenvalue weighted by Gasteiger charge is 2.46. The van der Waals surface area contributed by atoms with Gasteiger partial charge in [-0.05, 0) is 61.1 Å². The van der Waals surface area contributed by atoms with Crippen LogP contribution < -0.4 is 4.74 Å². The Kier molecular flexibility index (Phi) is 6.07. The van der Waals surface area contributed by atoms with E-state index in [1.165, 1.54) is 0 Å². The lowest BCUT2D eigenvalue weighted by atomic mass is 9.76. The fourth-order valence-electron chi connectivity index (χ4n) is 5.62. The van der Waals surface area contributed by atoms with Crippen LogP contribution in [0.4, 0.5) is 0 Å². The van der Waals surface area contributed by atoms with Crippen molar-refractivity contribution in [3.05, 3.63) is 72.6 Å². The molecule has 1 aliphatic carbocycles. The van der Waals surface area contributed by atoms with Gasteiger partial charge in [0.2, 0.25) is 5.91 Å². The Labute approximate surface area is 195 Å². The minimum absolute atomic E-state index is 0.197. The average molecular weight is 443 g/mol. The lowest BCUT2D eigenvalue weighted by molar-refractivity contribution is -0.138. The van der Waals surface area contributed by atoms with Crippen molar-refractivity contribution in [3.8, 4) is 16.9 Å². The third kappa shape index (κ3) is 4.10. The Bertz CT molecular complexity index is 1090. The van der Waals surface area contributed by atoms with E-state index >= 15 is 0 Å². The zero-order valence-corrected chi connectivity index (χ0v) is 19.1. The van der Waals surface area contributed by atoms with Gasteiger partial charge in [-0.2, -0.15) is 0 Å². The third-order valence-electron chi connectivity index (χ3n) is 7.34. The summed E-state index contributed by atoms with van der Waals surface area (Å²) in [6.07, 6.45) is 13.1. The van der Waals surface area contributed by atoms with Gasteiger partial charge in [0.1, 0.15) is 12.1 Å². The molecule has 3 heterocycles. The van der Waals surface area contributed by atoms with Crippen LogP contribution in [0.25, 0.3) is 11.1 Å². The molecule has 33 heavy (non-hydrogen) atoms. The van der Waals surface area contributed by atoms with Crippen LogP contribution in [0.2, 0.25) is 0 Å². The minimum atomic E-state index is -0.423. The van der Waals surface area contributed by atoms with Gasteiger partial charge in [-0.25, -0.2) is 9.97 Å². The summed E-state index contributed by atoms with van der Waals surface area (Å²) in [6, 6.07) is 12.1. The highest BCUT2D eigenvalue weighted by molar-refractivity contribution is 5.89. The number of carbonyl (C=O) groups is 1. The van der Waals surface area contributed by atoms with Gasteiger partial charge in [-0.15, -0.1) is 0 Å². The molecule has 6 heteroatoms. The quantitative estimate of drug-likeness (QED) is 0.570. The number of aromatic nitrogens is 3. The first-order chi connectivity index (χ1) is 16.2. The Morgan fingerprint density at radius 3 is 2.52 bits per heavy atom. The lowest BCUT2D eigenvalue weighted by Gasteiger charge is -2.39. The number of rotatable bonds is 5. The van der Waals surface area contributed by atoms with Crippen LogP contribution in [0.3, 0.4) is 0 Å². The molecule has 3 aromatic rings. The van der Waals surface area contributed by atoms with Crippen molar-refractivity contribution in [2.75, 3.05) is 20.2 Å². The number of benzene rings is 1. The van der Waals surface area contributed by atoms with Crippen molar-refractivity contribution in [1.29, 1.82) is 0 Å². The zero-order valence-electron chi connectivity index (χ0n) is 19.1. The number of hydrogen-bond acceptors (Lipinski definition) is 5. The molecule has 0 bridgehead atoms. The number of ether oxygens (including phenoxy) is 1. The van der Waals surface area contributed by atoms with Crippen LogP contribution in [0.15, 0.2) is 61.3 Å². The van der Waals surface area contributed by atoms with E-state index < -0.39 is 5.41 Å². The maximum atomic E-state index is 14.1. The molecule has 1 saturated carbocycles. The van der Waals surface area contributed by atoms with Crippen molar-refractivity contribution < 1.29 is 9.53 Å². The predicted octanol–water partition coefficient (Wildman–Crippen LogP) is 4.77. The molecule has 1 amide bonds. The van der Waals surface area contributed by atoms with Crippen molar-refractivity contribution in [2.24, 2.45) is 0 Å². The number of likely N-dealkylation sites (tertiary alicyclic amines) is 1. The molecule has 2 fully saturated rings. The molecule has 2 aromatic heterocycles. The highest BCUT2D eigenvalue weighted by Crippen LogP contribution is 2.44. The van der Waals surface area contributed by atoms with Gasteiger partial charge in [0, 0.05) is 43.2 Å². The summed E-state index contributed by atoms with van der Waals surface area (Å²) in [4.78, 5) is 29.3. The molecule has 1 aromatic carbocycles. The first kappa shape index (κ1) is 21.6. The van der Waals surface area contributed by atoms with E-state index in [-0.39, 0.29) is 11.8 Å². The fraction of sp³-hybridized carbons (Fsp3) is 0.407. The number of amides is 1. The van der Waals surface area contributed by atoms with E-state index in [2.05, 4.69) is 32.0 Å². The molecule has 2 aliphatic rings. The van der Waals surface area contributed by atoms with Gasteiger partial charge < -0.3 is 9.64 Å². The van der Waals surface area contributed by atoms with Gasteiger partial charge in [0.15, 0.2) is 0 Å². The van der Waals surface area contributed by atoms with E-state index in [1.54, 1.807) is 25.8 Å². The van der Waals surface area contributed by atoms with Crippen molar-refractivity contribution in [2.45, 2.75) is 49.9 Å². The summed E-state index contributed by atoms with van der Waals surface area (Å²) in [5.74, 6) is 1.29. The molecule has 5 rings (SSSR count). The van der Waals surface area contributed by atoms with Crippen LogP contribution in [-0.4, -0.2) is 46.0 Å². The number of hydrogen-bond donors (Lipinski definition) is 0. The Morgan fingerprint density at radius 2 is 1.79 bits per heavy atom. The number of methoxy groups -OCH3 is 1. The molecular formula is C27H30N4O2. The van der Waals surface area contributed by atoms with Crippen LogP contribution in [0.5, 0.6) is 5.75 Å². The molecular weight excluding hydrogens is 412 g/mol. The Morgan fingerprint density at radius 1 is 1.03 bits per heavy atom. The van der Waals surface area contributed by atoms with E-state index in [0.717, 1.165) is 73.2 Å². The maximum Gasteiger partial charge on any atom is 0.233 e. The smallest absolute Gasteiger partial charge is 0.233 e. The van der Waals surface area contributed by atoms with Gasteiger partial charge in [0.05, 0.1) is 18.2 Å². The lowest BCUT2D eigenvalue weighted by Crippen LogP contribution is -2.49. The SMILES string of the molecule is COc1ccc(C2(C(=O)N3CCCC(c4ncncc4-c4ccncc4)C3)CCCC2)cc1. The first-order valence-corrected chi connectivity index (χ1v) is 11.9. The van der Waals surface area contributed by atoms with Gasteiger partial charge in [0.25, 0.3) is 0 Å².